The summed E-state index contributed by atoms with van der Waals surface area (Å²) in [4.78, 5) is 0. The molecule has 0 saturated heterocycles. The van der Waals surface area contributed by atoms with Crippen molar-refractivity contribution in [2.75, 3.05) is 13.7 Å². The van der Waals surface area contributed by atoms with Crippen molar-refractivity contribution in [3.8, 4) is 5.75 Å². The van der Waals surface area contributed by atoms with Gasteiger partial charge < -0.3 is 10.1 Å². The second-order valence-corrected chi connectivity index (χ2v) is 6.30. The monoisotopic (exact) mass is 259 g/mol. The zero-order valence-electron chi connectivity index (χ0n) is 12.1. The Morgan fingerprint density at radius 1 is 1.16 bits per heavy atom. The maximum Gasteiger partial charge on any atom is 0.122 e. The minimum atomic E-state index is 0.842. The topological polar surface area (TPSA) is 21.3 Å². The van der Waals surface area contributed by atoms with Gasteiger partial charge in [-0.15, -0.1) is 0 Å². The van der Waals surface area contributed by atoms with E-state index in [1.807, 2.05) is 0 Å². The van der Waals surface area contributed by atoms with Gasteiger partial charge in [0, 0.05) is 6.04 Å². The minimum absolute atomic E-state index is 0.842. The Balaban J connectivity index is 1.59. The Labute approximate surface area is 116 Å². The van der Waals surface area contributed by atoms with Crippen molar-refractivity contribution in [1.82, 2.24) is 5.32 Å². The van der Waals surface area contributed by atoms with Gasteiger partial charge in [-0.3, -0.25) is 0 Å². The molecule has 0 amide bonds. The van der Waals surface area contributed by atoms with Crippen molar-refractivity contribution in [3.05, 3.63) is 29.3 Å². The third-order valence-corrected chi connectivity index (χ3v) is 4.74. The summed E-state index contributed by atoms with van der Waals surface area (Å²) in [6.07, 6.45) is 6.75. The van der Waals surface area contributed by atoms with Crippen molar-refractivity contribution in [2.45, 2.75) is 45.1 Å². The van der Waals surface area contributed by atoms with E-state index in [-0.39, 0.29) is 0 Å². The lowest BCUT2D eigenvalue weighted by atomic mass is 9.70. The predicted octanol–water partition coefficient (Wildman–Crippen LogP) is 3.32. The highest BCUT2D eigenvalue weighted by Gasteiger charge is 2.32. The average Bonchev–Trinajstić information content (AvgIpc) is 3.19. The number of methoxy groups -OCH3 is 1. The lowest BCUT2D eigenvalue weighted by molar-refractivity contribution is 0.169. The Morgan fingerprint density at radius 2 is 1.95 bits per heavy atom. The van der Waals surface area contributed by atoms with E-state index in [0.29, 0.717) is 0 Å². The summed E-state index contributed by atoms with van der Waals surface area (Å²) in [6.45, 7) is 3.39. The highest BCUT2D eigenvalue weighted by Crippen LogP contribution is 2.38. The standard InChI is InChI=1S/C17H25NO/c1-12-3-8-17(19-2)15(9-12)10-13-4-5-14(13)11-18-16-6-7-16/h3,8-9,13-14,16,18H,4-7,10-11H2,1-2H3. The van der Waals surface area contributed by atoms with Crippen LogP contribution in [-0.2, 0) is 6.42 Å². The Morgan fingerprint density at radius 3 is 2.58 bits per heavy atom. The highest BCUT2D eigenvalue weighted by atomic mass is 16.5. The number of rotatable bonds is 6. The molecule has 2 aliphatic rings. The summed E-state index contributed by atoms with van der Waals surface area (Å²) in [7, 11) is 1.78. The second-order valence-electron chi connectivity index (χ2n) is 6.30. The first-order valence-electron chi connectivity index (χ1n) is 7.63. The molecule has 2 saturated carbocycles. The van der Waals surface area contributed by atoms with Crippen molar-refractivity contribution in [3.63, 3.8) is 0 Å². The van der Waals surface area contributed by atoms with Gasteiger partial charge in [-0.1, -0.05) is 17.7 Å². The number of nitrogens with one attached hydrogen (secondary N) is 1. The van der Waals surface area contributed by atoms with Crippen LogP contribution in [0.4, 0.5) is 0 Å². The third kappa shape index (κ3) is 3.11. The summed E-state index contributed by atoms with van der Waals surface area (Å²) in [5.74, 6) is 2.79. The average molecular weight is 259 g/mol. The van der Waals surface area contributed by atoms with Crippen LogP contribution in [0.1, 0.15) is 36.8 Å². The summed E-state index contributed by atoms with van der Waals surface area (Å²) < 4.78 is 5.50. The zero-order valence-corrected chi connectivity index (χ0v) is 12.1. The van der Waals surface area contributed by atoms with Gasteiger partial charge in [-0.25, -0.2) is 0 Å². The Bertz CT molecular complexity index is 439. The Hall–Kier alpha value is -1.02. The molecule has 0 radical (unpaired) electrons. The molecule has 0 aromatic heterocycles. The quantitative estimate of drug-likeness (QED) is 0.846. The molecule has 0 heterocycles. The molecule has 1 aromatic rings. The lowest BCUT2D eigenvalue weighted by Gasteiger charge is -2.37. The van der Waals surface area contributed by atoms with Crippen molar-refractivity contribution in [1.29, 1.82) is 0 Å². The molecule has 2 nitrogen and oxygen atoms in total. The van der Waals surface area contributed by atoms with Gasteiger partial charge >= 0.3 is 0 Å². The molecule has 2 aliphatic carbocycles. The third-order valence-electron chi connectivity index (χ3n) is 4.74. The van der Waals surface area contributed by atoms with E-state index in [1.165, 1.54) is 49.8 Å². The molecular formula is C17H25NO. The van der Waals surface area contributed by atoms with E-state index in [0.717, 1.165) is 23.6 Å². The molecule has 0 aliphatic heterocycles. The first-order chi connectivity index (χ1) is 9.26. The fourth-order valence-electron chi connectivity index (χ4n) is 3.13. The minimum Gasteiger partial charge on any atom is -0.496 e. The molecule has 1 aromatic carbocycles. The van der Waals surface area contributed by atoms with E-state index in [1.54, 1.807) is 7.11 Å². The number of hydrogen-bond acceptors (Lipinski definition) is 2. The fourth-order valence-corrected chi connectivity index (χ4v) is 3.13. The van der Waals surface area contributed by atoms with E-state index >= 15 is 0 Å². The van der Waals surface area contributed by atoms with Crippen molar-refractivity contribution in [2.24, 2.45) is 11.8 Å². The van der Waals surface area contributed by atoms with E-state index in [4.69, 9.17) is 4.74 Å². The molecule has 104 valence electrons. The summed E-state index contributed by atoms with van der Waals surface area (Å²) in [5, 5.41) is 3.68. The normalized spacial score (nSPS) is 26.0. The van der Waals surface area contributed by atoms with Gasteiger partial charge in [0.2, 0.25) is 0 Å². The van der Waals surface area contributed by atoms with Crippen LogP contribution < -0.4 is 10.1 Å². The van der Waals surface area contributed by atoms with Gasteiger partial charge in [-0.2, -0.15) is 0 Å². The predicted molar refractivity (Wildman–Crippen MR) is 78.7 cm³/mol. The maximum atomic E-state index is 5.50. The van der Waals surface area contributed by atoms with Crippen molar-refractivity contribution < 1.29 is 4.74 Å². The SMILES string of the molecule is COc1ccc(C)cc1CC1CCC1CNC1CC1. The van der Waals surface area contributed by atoms with E-state index in [2.05, 4.69) is 30.4 Å². The molecule has 2 fully saturated rings. The van der Waals surface area contributed by atoms with Crippen LogP contribution in [0.3, 0.4) is 0 Å². The summed E-state index contributed by atoms with van der Waals surface area (Å²) >= 11 is 0. The van der Waals surface area contributed by atoms with Gasteiger partial charge in [-0.05, 0) is 69.0 Å². The fraction of sp³-hybridized carbons (Fsp3) is 0.647. The first-order valence-corrected chi connectivity index (χ1v) is 7.63. The largest absolute Gasteiger partial charge is 0.496 e. The summed E-state index contributed by atoms with van der Waals surface area (Å²) in [5.41, 5.74) is 2.73. The molecule has 19 heavy (non-hydrogen) atoms. The number of aryl methyl sites for hydroxylation is 1. The zero-order chi connectivity index (χ0) is 13.2. The van der Waals surface area contributed by atoms with Gasteiger partial charge in [0.15, 0.2) is 0 Å². The van der Waals surface area contributed by atoms with Crippen LogP contribution in [0.2, 0.25) is 0 Å². The molecule has 2 atom stereocenters. The van der Waals surface area contributed by atoms with Crippen LogP contribution in [0, 0.1) is 18.8 Å². The first kappa shape index (κ1) is 13.0. The van der Waals surface area contributed by atoms with Crippen molar-refractivity contribution >= 4 is 0 Å². The van der Waals surface area contributed by atoms with Gasteiger partial charge in [0.1, 0.15) is 5.75 Å². The molecule has 0 bridgehead atoms. The van der Waals surface area contributed by atoms with Crippen LogP contribution in [0.15, 0.2) is 18.2 Å². The molecule has 2 heteroatoms. The molecule has 2 unspecified atom stereocenters. The number of hydrogen-bond donors (Lipinski definition) is 1. The van der Waals surface area contributed by atoms with Gasteiger partial charge in [0.25, 0.3) is 0 Å². The van der Waals surface area contributed by atoms with E-state index < -0.39 is 0 Å². The lowest BCUT2D eigenvalue weighted by Crippen LogP contribution is -2.37. The Kier molecular flexibility index (Phi) is 3.79. The van der Waals surface area contributed by atoms with Gasteiger partial charge in [0.05, 0.1) is 7.11 Å². The van der Waals surface area contributed by atoms with Crippen LogP contribution in [-0.4, -0.2) is 19.7 Å². The summed E-state index contributed by atoms with van der Waals surface area (Å²) in [6, 6.07) is 7.38. The number of ether oxygens (including phenoxy) is 1. The van der Waals surface area contributed by atoms with Crippen LogP contribution in [0.25, 0.3) is 0 Å². The number of benzene rings is 1. The molecule has 3 rings (SSSR count). The van der Waals surface area contributed by atoms with E-state index in [9.17, 15) is 0 Å². The maximum absolute atomic E-state index is 5.50. The van der Waals surface area contributed by atoms with Crippen LogP contribution in [0.5, 0.6) is 5.75 Å². The molecular weight excluding hydrogens is 234 g/mol. The van der Waals surface area contributed by atoms with Crippen LogP contribution >= 0.6 is 0 Å². The molecule has 1 N–H and O–H groups in total. The molecule has 0 spiro atoms. The highest BCUT2D eigenvalue weighted by molar-refractivity contribution is 5.37. The second kappa shape index (κ2) is 5.54. The smallest absolute Gasteiger partial charge is 0.122 e.